The van der Waals surface area contributed by atoms with Gasteiger partial charge in [0.05, 0.1) is 12.1 Å². The normalized spacial score (nSPS) is 16.3. The van der Waals surface area contributed by atoms with Crippen LogP contribution in [0.3, 0.4) is 0 Å². The maximum Gasteiger partial charge on any atom is 0.180 e. The largest absolute Gasteiger partial charge is 0.330 e. The monoisotopic (exact) mass is 446 g/mol. The van der Waals surface area contributed by atoms with Gasteiger partial charge < -0.3 is 22.9 Å². The van der Waals surface area contributed by atoms with Gasteiger partial charge in [0, 0.05) is 11.1 Å². The van der Waals surface area contributed by atoms with Gasteiger partial charge in [0.15, 0.2) is 11.6 Å². The third-order valence-electron chi connectivity index (χ3n) is 6.77. The smallest absolute Gasteiger partial charge is 0.180 e. The van der Waals surface area contributed by atoms with Crippen LogP contribution in [-0.4, -0.2) is 36.7 Å². The highest BCUT2D eigenvalue weighted by molar-refractivity contribution is 6.12. The Bertz CT molecular complexity index is 697. The van der Waals surface area contributed by atoms with Crippen LogP contribution in [-0.2, 0) is 0 Å². The van der Waals surface area contributed by atoms with Gasteiger partial charge >= 0.3 is 0 Å². The fourth-order valence-electron chi connectivity index (χ4n) is 4.78. The van der Waals surface area contributed by atoms with Crippen molar-refractivity contribution in [3.8, 4) is 0 Å². The van der Waals surface area contributed by atoms with Crippen LogP contribution in [0, 0.1) is 22.7 Å². The van der Waals surface area contributed by atoms with Gasteiger partial charge in [0.2, 0.25) is 0 Å². The van der Waals surface area contributed by atoms with E-state index in [2.05, 4.69) is 13.8 Å². The summed E-state index contributed by atoms with van der Waals surface area (Å²) < 4.78 is 0. The molecule has 6 nitrogen and oxygen atoms in total. The second-order valence-corrected chi connectivity index (χ2v) is 11.0. The van der Waals surface area contributed by atoms with Gasteiger partial charge in [-0.3, -0.25) is 9.59 Å². The van der Waals surface area contributed by atoms with Gasteiger partial charge in [0.1, 0.15) is 0 Å². The number of ketones is 2. The predicted octanol–water partition coefficient (Wildman–Crippen LogP) is 3.51. The Labute approximate surface area is 194 Å². The van der Waals surface area contributed by atoms with Crippen LogP contribution in [0.4, 0.5) is 0 Å². The maximum atomic E-state index is 13.4. The Morgan fingerprint density at radius 3 is 1.34 bits per heavy atom. The molecule has 1 aromatic rings. The third kappa shape index (κ3) is 7.48. The maximum absolute atomic E-state index is 13.4. The molecule has 1 rings (SSSR count). The summed E-state index contributed by atoms with van der Waals surface area (Å²) >= 11 is 0. The number of hydrogen-bond donors (Lipinski definition) is 4. The number of carbonyl (C=O) groups is 2. The van der Waals surface area contributed by atoms with E-state index in [4.69, 9.17) is 22.9 Å². The Morgan fingerprint density at radius 1 is 0.750 bits per heavy atom. The Hall–Kier alpha value is -1.60. The van der Waals surface area contributed by atoms with E-state index in [1.54, 1.807) is 24.3 Å². The second-order valence-electron chi connectivity index (χ2n) is 11.0. The first-order chi connectivity index (χ1) is 14.8. The highest BCUT2D eigenvalue weighted by atomic mass is 16.1. The minimum atomic E-state index is -0.731. The first-order valence-electron chi connectivity index (χ1n) is 11.9. The van der Waals surface area contributed by atoms with Crippen LogP contribution in [0.2, 0.25) is 0 Å². The quantitative estimate of drug-likeness (QED) is 0.323. The van der Waals surface area contributed by atoms with Gasteiger partial charge in [-0.1, -0.05) is 65.8 Å². The van der Waals surface area contributed by atoms with Crippen LogP contribution >= 0.6 is 0 Å². The number of carbonyl (C=O) groups excluding carboxylic acids is 2. The first-order valence-corrected chi connectivity index (χ1v) is 11.9. The molecule has 4 unspecified atom stereocenters. The lowest BCUT2D eigenvalue weighted by molar-refractivity contribution is 0.0829. The third-order valence-corrected chi connectivity index (χ3v) is 6.77. The van der Waals surface area contributed by atoms with Crippen LogP contribution in [0.5, 0.6) is 0 Å². The molecule has 0 fully saturated rings. The molecule has 8 N–H and O–H groups in total. The van der Waals surface area contributed by atoms with Gasteiger partial charge in [-0.15, -0.1) is 0 Å². The van der Waals surface area contributed by atoms with Crippen molar-refractivity contribution in [2.75, 3.05) is 13.1 Å². The van der Waals surface area contributed by atoms with Gasteiger partial charge in [0.25, 0.3) is 0 Å². The van der Waals surface area contributed by atoms with Crippen LogP contribution < -0.4 is 22.9 Å². The van der Waals surface area contributed by atoms with E-state index in [9.17, 15) is 9.59 Å². The van der Waals surface area contributed by atoms with Gasteiger partial charge in [-0.05, 0) is 61.4 Å². The summed E-state index contributed by atoms with van der Waals surface area (Å²) in [6, 6.07) is 5.44. The lowest BCUT2D eigenvalue weighted by Crippen LogP contribution is -2.47. The molecule has 0 radical (unpaired) electrons. The zero-order valence-corrected chi connectivity index (χ0v) is 21.0. The number of hydrogen-bond acceptors (Lipinski definition) is 6. The summed E-state index contributed by atoms with van der Waals surface area (Å²) in [7, 11) is 0. The number of benzene rings is 1. The topological polar surface area (TPSA) is 138 Å². The van der Waals surface area contributed by atoms with E-state index >= 15 is 0 Å². The van der Waals surface area contributed by atoms with Crippen molar-refractivity contribution in [1.29, 1.82) is 0 Å². The van der Waals surface area contributed by atoms with Crippen molar-refractivity contribution in [2.45, 2.75) is 79.3 Å². The molecule has 0 aliphatic rings. The zero-order valence-electron chi connectivity index (χ0n) is 21.0. The molecule has 0 aliphatic carbocycles. The van der Waals surface area contributed by atoms with E-state index in [0.29, 0.717) is 36.1 Å². The lowest BCUT2D eigenvalue weighted by atomic mass is 9.72. The molecule has 6 heteroatoms. The summed E-state index contributed by atoms with van der Waals surface area (Å²) in [5.74, 6) is 0.270. The van der Waals surface area contributed by atoms with Crippen molar-refractivity contribution < 1.29 is 9.59 Å². The van der Waals surface area contributed by atoms with Crippen LogP contribution in [0.15, 0.2) is 24.3 Å². The molecular weight excluding hydrogens is 400 g/mol. The molecule has 0 saturated heterocycles. The van der Waals surface area contributed by atoms with Gasteiger partial charge in [-0.2, -0.15) is 0 Å². The Balaban J connectivity index is 3.15. The second kappa shape index (κ2) is 12.0. The zero-order chi connectivity index (χ0) is 24.7. The molecule has 0 aromatic heterocycles. The molecule has 1 aromatic carbocycles. The summed E-state index contributed by atoms with van der Waals surface area (Å²) in [4.78, 5) is 26.9. The summed E-state index contributed by atoms with van der Waals surface area (Å²) in [6.45, 7) is 13.5. The standard InChI is InChI=1S/C26H46N4O2/c1-17(11-13-27)15-25(3,4)23(29)21(31)19-9-7-8-10-20(19)22(32)24(30)26(5,6)16-18(2)12-14-28/h7-10,17-18,23-24H,11-16,27-30H2,1-6H3. The van der Waals surface area contributed by atoms with Crippen molar-refractivity contribution in [2.24, 2.45) is 45.6 Å². The fourth-order valence-corrected chi connectivity index (χ4v) is 4.78. The van der Waals surface area contributed by atoms with Crippen molar-refractivity contribution >= 4 is 11.6 Å². The van der Waals surface area contributed by atoms with Crippen molar-refractivity contribution in [3.05, 3.63) is 35.4 Å². The predicted molar refractivity (Wildman–Crippen MR) is 134 cm³/mol. The summed E-state index contributed by atoms with van der Waals surface area (Å²) in [5, 5.41) is 0. The molecule has 32 heavy (non-hydrogen) atoms. The van der Waals surface area contributed by atoms with E-state index in [1.807, 2.05) is 27.7 Å². The van der Waals surface area contributed by atoms with E-state index in [1.165, 1.54) is 0 Å². The summed E-state index contributed by atoms with van der Waals surface area (Å²) in [6.07, 6.45) is 3.31. The number of nitrogens with two attached hydrogens (primary N) is 4. The van der Waals surface area contributed by atoms with E-state index in [-0.39, 0.29) is 11.6 Å². The molecule has 0 saturated carbocycles. The number of rotatable bonds is 14. The molecule has 0 spiro atoms. The van der Waals surface area contributed by atoms with E-state index < -0.39 is 22.9 Å². The summed E-state index contributed by atoms with van der Waals surface area (Å²) in [5.41, 5.74) is 24.1. The molecule has 0 bridgehead atoms. The SMILES string of the molecule is CC(CCN)CC(C)(C)C(N)C(=O)c1ccccc1C(=O)C(N)C(C)(C)CC(C)CCN. The minimum Gasteiger partial charge on any atom is -0.330 e. The first kappa shape index (κ1) is 28.4. The molecule has 0 heterocycles. The highest BCUT2D eigenvalue weighted by Crippen LogP contribution is 2.34. The molecule has 0 aliphatic heterocycles. The number of Topliss-reactive ketones (excluding diaryl/α,β-unsaturated/α-hetero) is 2. The minimum absolute atomic E-state index is 0.222. The Morgan fingerprint density at radius 2 is 1.06 bits per heavy atom. The average Bonchev–Trinajstić information content (AvgIpc) is 2.71. The molecule has 4 atom stereocenters. The van der Waals surface area contributed by atoms with Crippen LogP contribution in [0.1, 0.15) is 87.9 Å². The average molecular weight is 447 g/mol. The highest BCUT2D eigenvalue weighted by Gasteiger charge is 2.38. The van der Waals surface area contributed by atoms with Crippen molar-refractivity contribution in [1.82, 2.24) is 0 Å². The molecule has 0 amide bonds. The van der Waals surface area contributed by atoms with E-state index in [0.717, 1.165) is 25.7 Å². The van der Waals surface area contributed by atoms with Gasteiger partial charge in [-0.25, -0.2) is 0 Å². The van der Waals surface area contributed by atoms with Crippen LogP contribution in [0.25, 0.3) is 0 Å². The fraction of sp³-hybridized carbons (Fsp3) is 0.692. The lowest BCUT2D eigenvalue weighted by Gasteiger charge is -2.35. The molecule has 182 valence electrons. The van der Waals surface area contributed by atoms with Crippen molar-refractivity contribution in [3.63, 3.8) is 0 Å². The Kier molecular flexibility index (Phi) is 10.7. The molecular formula is C26H46N4O2.